The molecular formula is C21H21F4N3O3. The smallest absolute Gasteiger partial charge is 0.475 e. The van der Waals surface area contributed by atoms with Gasteiger partial charge in [0, 0.05) is 44.5 Å². The topological polar surface area (TPSA) is 73.7 Å². The first-order valence-electron chi connectivity index (χ1n) is 9.60. The monoisotopic (exact) mass is 439 g/mol. The van der Waals surface area contributed by atoms with Crippen LogP contribution in [-0.2, 0) is 11.3 Å². The predicted molar refractivity (Wildman–Crippen MR) is 102 cm³/mol. The Morgan fingerprint density at radius 3 is 2.19 bits per heavy atom. The summed E-state index contributed by atoms with van der Waals surface area (Å²) < 4.78 is 45.1. The third-order valence-corrected chi connectivity index (χ3v) is 5.27. The summed E-state index contributed by atoms with van der Waals surface area (Å²) in [6.45, 7) is 4.38. The fraction of sp³-hybridized carbons (Fsp3) is 0.381. The third-order valence-electron chi connectivity index (χ3n) is 5.27. The van der Waals surface area contributed by atoms with Crippen LogP contribution < -0.4 is 0 Å². The minimum absolute atomic E-state index is 0.0554. The molecule has 2 fully saturated rings. The van der Waals surface area contributed by atoms with Crippen molar-refractivity contribution in [3.8, 4) is 0 Å². The number of aliphatic carboxylic acids is 1. The maximum Gasteiger partial charge on any atom is 0.490 e. The minimum Gasteiger partial charge on any atom is -0.475 e. The second-order valence-electron chi connectivity index (χ2n) is 7.56. The van der Waals surface area contributed by atoms with Crippen molar-refractivity contribution in [1.29, 1.82) is 0 Å². The van der Waals surface area contributed by atoms with Crippen molar-refractivity contribution in [2.24, 2.45) is 11.8 Å². The summed E-state index contributed by atoms with van der Waals surface area (Å²) in [6.07, 6.45) is -3.26. The van der Waals surface area contributed by atoms with Gasteiger partial charge < -0.3 is 10.0 Å². The van der Waals surface area contributed by atoms with Crippen LogP contribution >= 0.6 is 0 Å². The van der Waals surface area contributed by atoms with Crippen molar-refractivity contribution in [1.82, 2.24) is 14.8 Å². The number of amides is 1. The number of hydrogen-bond acceptors (Lipinski definition) is 4. The summed E-state index contributed by atoms with van der Waals surface area (Å²) in [6, 6.07) is 12.0. The lowest BCUT2D eigenvalue weighted by Gasteiger charge is -2.21. The number of carbonyl (C=O) groups excluding carboxylic acids is 1. The third kappa shape index (κ3) is 6.00. The van der Waals surface area contributed by atoms with E-state index < -0.39 is 12.1 Å². The quantitative estimate of drug-likeness (QED) is 0.745. The Morgan fingerprint density at radius 1 is 1.03 bits per heavy atom. The van der Waals surface area contributed by atoms with E-state index in [0.717, 1.165) is 38.4 Å². The number of hydrogen-bond donors (Lipinski definition) is 1. The van der Waals surface area contributed by atoms with Gasteiger partial charge in [-0.05, 0) is 42.2 Å². The SMILES string of the molecule is O=C(O)C(F)(F)F.O=C(c1cccc(F)c1)N1C[C@H]2CN(Cc3ccccn3)C[C@H]2C1. The molecule has 2 aliphatic rings. The number of aromatic nitrogens is 1. The van der Waals surface area contributed by atoms with E-state index >= 15 is 0 Å². The van der Waals surface area contributed by atoms with Crippen LogP contribution in [0.4, 0.5) is 17.6 Å². The van der Waals surface area contributed by atoms with Gasteiger partial charge in [-0.1, -0.05) is 12.1 Å². The van der Waals surface area contributed by atoms with Gasteiger partial charge in [-0.15, -0.1) is 0 Å². The number of likely N-dealkylation sites (tertiary alicyclic amines) is 2. The summed E-state index contributed by atoms with van der Waals surface area (Å²) in [5.41, 5.74) is 1.53. The summed E-state index contributed by atoms with van der Waals surface area (Å²) in [5, 5.41) is 7.12. The summed E-state index contributed by atoms with van der Waals surface area (Å²) in [4.78, 5) is 30.1. The fourth-order valence-electron chi connectivity index (χ4n) is 3.91. The summed E-state index contributed by atoms with van der Waals surface area (Å²) in [5.74, 6) is -2.16. The van der Waals surface area contributed by atoms with Gasteiger partial charge in [0.1, 0.15) is 5.82 Å². The number of benzene rings is 1. The van der Waals surface area contributed by atoms with Gasteiger partial charge in [-0.2, -0.15) is 13.2 Å². The maximum atomic E-state index is 13.3. The number of carboxylic acids is 1. The number of halogens is 4. The lowest BCUT2D eigenvalue weighted by molar-refractivity contribution is -0.192. The number of rotatable bonds is 3. The number of alkyl halides is 3. The van der Waals surface area contributed by atoms with Crippen LogP contribution in [0.25, 0.3) is 0 Å². The molecule has 1 aromatic carbocycles. The molecular weight excluding hydrogens is 418 g/mol. The average Bonchev–Trinajstić information content (AvgIpc) is 3.26. The van der Waals surface area contributed by atoms with Crippen LogP contribution in [0.3, 0.4) is 0 Å². The van der Waals surface area contributed by atoms with Crippen molar-refractivity contribution in [3.63, 3.8) is 0 Å². The van der Waals surface area contributed by atoms with Gasteiger partial charge >= 0.3 is 12.1 Å². The van der Waals surface area contributed by atoms with Crippen molar-refractivity contribution in [3.05, 3.63) is 65.7 Å². The van der Waals surface area contributed by atoms with Crippen LogP contribution in [0, 0.1) is 17.7 Å². The molecule has 0 saturated carbocycles. The Hall–Kier alpha value is -3.01. The van der Waals surface area contributed by atoms with Crippen LogP contribution in [0.15, 0.2) is 48.7 Å². The molecule has 6 nitrogen and oxygen atoms in total. The molecule has 1 aromatic heterocycles. The highest BCUT2D eigenvalue weighted by atomic mass is 19.4. The van der Waals surface area contributed by atoms with E-state index in [-0.39, 0.29) is 11.7 Å². The first-order valence-corrected chi connectivity index (χ1v) is 9.60. The molecule has 2 aliphatic heterocycles. The molecule has 166 valence electrons. The molecule has 2 saturated heterocycles. The van der Waals surface area contributed by atoms with Crippen molar-refractivity contribution in [2.75, 3.05) is 26.2 Å². The Labute approximate surface area is 176 Å². The molecule has 0 aliphatic carbocycles. The molecule has 1 N–H and O–H groups in total. The van der Waals surface area contributed by atoms with Crippen molar-refractivity contribution >= 4 is 11.9 Å². The first-order chi connectivity index (χ1) is 14.6. The molecule has 4 rings (SSSR count). The van der Waals surface area contributed by atoms with E-state index in [0.29, 0.717) is 17.4 Å². The Balaban J connectivity index is 0.000000339. The second-order valence-corrected chi connectivity index (χ2v) is 7.56. The standard InChI is InChI=1S/C19H20FN3O.C2HF3O2/c20-17-5-3-4-14(8-17)19(24)23-11-15-9-22(10-16(15)12-23)13-18-6-1-2-7-21-18;3-2(4,5)1(6)7/h1-8,15-16H,9-13H2;(H,6,7)/t15-,16+;. The van der Waals surface area contributed by atoms with E-state index in [1.54, 1.807) is 12.1 Å². The van der Waals surface area contributed by atoms with E-state index in [1.807, 2.05) is 29.3 Å². The van der Waals surface area contributed by atoms with Gasteiger partial charge in [0.05, 0.1) is 5.69 Å². The van der Waals surface area contributed by atoms with E-state index in [1.165, 1.54) is 12.1 Å². The zero-order chi connectivity index (χ0) is 22.6. The number of carbonyl (C=O) groups is 2. The Morgan fingerprint density at radius 2 is 1.68 bits per heavy atom. The van der Waals surface area contributed by atoms with Gasteiger partial charge in [-0.25, -0.2) is 9.18 Å². The Kier molecular flexibility index (Phi) is 6.89. The van der Waals surface area contributed by atoms with Gasteiger partial charge in [0.25, 0.3) is 5.91 Å². The molecule has 1 amide bonds. The van der Waals surface area contributed by atoms with E-state index in [2.05, 4.69) is 9.88 Å². The summed E-state index contributed by atoms with van der Waals surface area (Å²) in [7, 11) is 0. The van der Waals surface area contributed by atoms with Gasteiger partial charge in [0.15, 0.2) is 0 Å². The highest BCUT2D eigenvalue weighted by Gasteiger charge is 2.41. The molecule has 0 spiro atoms. The maximum absolute atomic E-state index is 13.3. The van der Waals surface area contributed by atoms with Gasteiger partial charge in [0.2, 0.25) is 0 Å². The largest absolute Gasteiger partial charge is 0.490 e. The molecule has 31 heavy (non-hydrogen) atoms. The molecule has 3 heterocycles. The molecule has 0 unspecified atom stereocenters. The number of carboxylic acid groups (broad SMARTS) is 1. The van der Waals surface area contributed by atoms with Crippen molar-refractivity contribution in [2.45, 2.75) is 12.7 Å². The number of fused-ring (bicyclic) bond motifs is 1. The molecule has 2 atom stereocenters. The zero-order valence-electron chi connectivity index (χ0n) is 16.4. The van der Waals surface area contributed by atoms with Crippen molar-refractivity contribution < 1.29 is 32.3 Å². The lowest BCUT2D eigenvalue weighted by Crippen LogP contribution is -2.33. The highest BCUT2D eigenvalue weighted by Crippen LogP contribution is 2.32. The number of pyridine rings is 1. The van der Waals surface area contributed by atoms with E-state index in [9.17, 15) is 22.4 Å². The van der Waals surface area contributed by atoms with Crippen LogP contribution in [0.5, 0.6) is 0 Å². The second kappa shape index (κ2) is 9.42. The van der Waals surface area contributed by atoms with Crippen LogP contribution in [-0.4, -0.2) is 64.1 Å². The Bertz CT molecular complexity index is 910. The molecule has 10 heteroatoms. The molecule has 2 aromatic rings. The predicted octanol–water partition coefficient (Wildman–Crippen LogP) is 3.06. The normalized spacial score (nSPS) is 20.7. The lowest BCUT2D eigenvalue weighted by atomic mass is 10.0. The fourth-order valence-corrected chi connectivity index (χ4v) is 3.91. The summed E-state index contributed by atoms with van der Waals surface area (Å²) >= 11 is 0. The molecule has 0 radical (unpaired) electrons. The van der Waals surface area contributed by atoms with Gasteiger partial charge in [-0.3, -0.25) is 14.7 Å². The number of nitrogens with zero attached hydrogens (tertiary/aromatic N) is 3. The average molecular weight is 439 g/mol. The van der Waals surface area contributed by atoms with E-state index in [4.69, 9.17) is 9.90 Å². The van der Waals surface area contributed by atoms with Crippen LogP contribution in [0.1, 0.15) is 16.1 Å². The highest BCUT2D eigenvalue weighted by molar-refractivity contribution is 5.94. The van der Waals surface area contributed by atoms with Crippen LogP contribution in [0.2, 0.25) is 0 Å². The first kappa shape index (κ1) is 22.7. The zero-order valence-corrected chi connectivity index (χ0v) is 16.4. The molecule has 0 bridgehead atoms. The minimum atomic E-state index is -5.08.